The maximum absolute atomic E-state index is 12.8. The highest BCUT2D eigenvalue weighted by atomic mass is 32.2. The van der Waals surface area contributed by atoms with E-state index < -0.39 is 10.0 Å². The Hall–Kier alpha value is -1.70. The van der Waals surface area contributed by atoms with Crippen molar-refractivity contribution in [1.29, 1.82) is 0 Å². The van der Waals surface area contributed by atoms with Gasteiger partial charge in [0, 0.05) is 18.7 Å². The van der Waals surface area contributed by atoms with E-state index in [0.717, 1.165) is 49.8 Å². The van der Waals surface area contributed by atoms with E-state index in [1.54, 1.807) is 34.8 Å². The van der Waals surface area contributed by atoms with Gasteiger partial charge >= 0.3 is 0 Å². The fourth-order valence-electron chi connectivity index (χ4n) is 2.95. The number of aromatic nitrogens is 1. The fraction of sp³-hybridized carbons (Fsp3) is 0.550. The lowest BCUT2D eigenvalue weighted by atomic mass is 10.1. The summed E-state index contributed by atoms with van der Waals surface area (Å²) < 4.78 is 32.7. The van der Waals surface area contributed by atoms with Gasteiger partial charge < -0.3 is 10.2 Å². The molecule has 0 saturated heterocycles. The maximum atomic E-state index is 12.8. The van der Waals surface area contributed by atoms with E-state index in [1.165, 1.54) is 0 Å². The Morgan fingerprint density at radius 1 is 1.04 bits per heavy atom. The van der Waals surface area contributed by atoms with Gasteiger partial charge in [0.15, 0.2) is 0 Å². The van der Waals surface area contributed by atoms with Gasteiger partial charge in [-0.05, 0) is 62.9 Å². The number of sulfonamides is 1. The zero-order chi connectivity index (χ0) is 19.7. The van der Waals surface area contributed by atoms with Gasteiger partial charge in [-0.1, -0.05) is 20.3 Å². The second kappa shape index (κ2) is 10.6. The van der Waals surface area contributed by atoms with E-state index in [1.807, 2.05) is 13.8 Å². The van der Waals surface area contributed by atoms with Gasteiger partial charge in [-0.2, -0.15) is 4.31 Å². The number of nitrogens with two attached hydrogens (primary N) is 1. The largest absolute Gasteiger partial charge is 0.444 e. The van der Waals surface area contributed by atoms with Gasteiger partial charge in [0.25, 0.3) is 0 Å². The van der Waals surface area contributed by atoms with Gasteiger partial charge in [0.05, 0.1) is 10.6 Å². The number of unbranched alkanes of at least 4 members (excludes halogenated alkanes) is 2. The molecule has 7 heteroatoms. The highest BCUT2D eigenvalue weighted by Crippen LogP contribution is 2.23. The SMILES string of the molecule is CCCN(CCC)S(=O)(=O)c1ccc(-c2nc(CCCCCN)co2)cc1. The second-order valence-electron chi connectivity index (χ2n) is 6.67. The van der Waals surface area contributed by atoms with Crippen molar-refractivity contribution in [3.05, 3.63) is 36.2 Å². The van der Waals surface area contributed by atoms with Gasteiger partial charge in [0.1, 0.15) is 6.26 Å². The van der Waals surface area contributed by atoms with Crippen LogP contribution in [0.15, 0.2) is 39.8 Å². The number of nitrogens with zero attached hydrogens (tertiary/aromatic N) is 2. The molecule has 0 fully saturated rings. The molecule has 0 bridgehead atoms. The lowest BCUT2D eigenvalue weighted by molar-refractivity contribution is 0.410. The molecule has 0 spiro atoms. The van der Waals surface area contributed by atoms with Crippen LogP contribution in [0.1, 0.15) is 51.6 Å². The number of rotatable bonds is 12. The minimum atomic E-state index is -3.46. The Kier molecular flexibility index (Phi) is 8.47. The second-order valence-corrected chi connectivity index (χ2v) is 8.61. The molecule has 0 amide bonds. The predicted octanol–water partition coefficient (Wildman–Crippen LogP) is 3.82. The Morgan fingerprint density at radius 2 is 1.70 bits per heavy atom. The van der Waals surface area contributed by atoms with Crippen LogP contribution >= 0.6 is 0 Å². The summed E-state index contributed by atoms with van der Waals surface area (Å²) in [6.45, 7) is 5.75. The van der Waals surface area contributed by atoms with Crippen LogP contribution in [0.5, 0.6) is 0 Å². The zero-order valence-electron chi connectivity index (χ0n) is 16.4. The number of oxazole rings is 1. The average molecular weight is 394 g/mol. The number of aryl methyl sites for hydroxylation is 1. The van der Waals surface area contributed by atoms with Gasteiger partial charge in [-0.15, -0.1) is 0 Å². The summed E-state index contributed by atoms with van der Waals surface area (Å²) in [5.41, 5.74) is 7.19. The van der Waals surface area contributed by atoms with Crippen LogP contribution in [0, 0.1) is 0 Å². The minimum Gasteiger partial charge on any atom is -0.444 e. The van der Waals surface area contributed by atoms with Crippen molar-refractivity contribution in [3.63, 3.8) is 0 Å². The summed E-state index contributed by atoms with van der Waals surface area (Å²) in [5, 5.41) is 0. The first kappa shape index (κ1) is 21.6. The Bertz CT molecular complexity index is 779. The molecule has 0 aliphatic carbocycles. The maximum Gasteiger partial charge on any atom is 0.243 e. The van der Waals surface area contributed by atoms with Gasteiger partial charge in [-0.25, -0.2) is 13.4 Å². The molecule has 27 heavy (non-hydrogen) atoms. The highest BCUT2D eigenvalue weighted by molar-refractivity contribution is 7.89. The summed E-state index contributed by atoms with van der Waals surface area (Å²) >= 11 is 0. The van der Waals surface area contributed by atoms with Crippen LogP contribution in [-0.2, 0) is 16.4 Å². The molecule has 150 valence electrons. The third kappa shape index (κ3) is 5.89. The summed E-state index contributed by atoms with van der Waals surface area (Å²) in [7, 11) is -3.46. The van der Waals surface area contributed by atoms with Crippen molar-refractivity contribution in [2.75, 3.05) is 19.6 Å². The lowest BCUT2D eigenvalue weighted by Crippen LogP contribution is -2.32. The number of hydrogen-bond donors (Lipinski definition) is 1. The highest BCUT2D eigenvalue weighted by Gasteiger charge is 2.23. The molecule has 0 unspecified atom stereocenters. The third-order valence-corrected chi connectivity index (χ3v) is 6.29. The molecule has 0 saturated carbocycles. The smallest absolute Gasteiger partial charge is 0.243 e. The molecule has 1 aromatic heterocycles. The summed E-state index contributed by atoms with van der Waals surface area (Å²) in [4.78, 5) is 4.81. The van der Waals surface area contributed by atoms with Crippen molar-refractivity contribution < 1.29 is 12.8 Å². The monoisotopic (exact) mass is 393 g/mol. The minimum absolute atomic E-state index is 0.307. The molecule has 2 rings (SSSR count). The molecule has 1 heterocycles. The van der Waals surface area contributed by atoms with Crippen LogP contribution in [0.25, 0.3) is 11.5 Å². The average Bonchev–Trinajstić information content (AvgIpc) is 3.14. The van der Waals surface area contributed by atoms with Crippen molar-refractivity contribution in [2.45, 2.75) is 57.3 Å². The van der Waals surface area contributed by atoms with Gasteiger partial charge in [0.2, 0.25) is 15.9 Å². The summed E-state index contributed by atoms with van der Waals surface area (Å²) in [6.07, 6.45) is 7.25. The Balaban J connectivity index is 2.09. The molecule has 2 N–H and O–H groups in total. The van der Waals surface area contributed by atoms with Crippen LogP contribution in [0.3, 0.4) is 0 Å². The Labute approximate surface area is 162 Å². The molecule has 6 nitrogen and oxygen atoms in total. The molecule has 0 aliphatic rings. The molecule has 0 atom stereocenters. The van der Waals surface area contributed by atoms with Crippen molar-refractivity contribution >= 4 is 10.0 Å². The van der Waals surface area contributed by atoms with E-state index in [4.69, 9.17) is 10.2 Å². The van der Waals surface area contributed by atoms with E-state index >= 15 is 0 Å². The van der Waals surface area contributed by atoms with E-state index in [0.29, 0.717) is 30.4 Å². The van der Waals surface area contributed by atoms with Crippen LogP contribution in [0.2, 0.25) is 0 Å². The van der Waals surface area contributed by atoms with Crippen molar-refractivity contribution in [1.82, 2.24) is 9.29 Å². The fourth-order valence-corrected chi connectivity index (χ4v) is 4.58. The van der Waals surface area contributed by atoms with Crippen LogP contribution in [-0.4, -0.2) is 37.3 Å². The van der Waals surface area contributed by atoms with E-state index in [-0.39, 0.29) is 0 Å². The molecule has 0 aliphatic heterocycles. The molecule has 1 aromatic carbocycles. The zero-order valence-corrected chi connectivity index (χ0v) is 17.2. The Morgan fingerprint density at radius 3 is 2.30 bits per heavy atom. The first-order valence-corrected chi connectivity index (χ1v) is 11.2. The van der Waals surface area contributed by atoms with Crippen LogP contribution < -0.4 is 5.73 Å². The normalized spacial score (nSPS) is 12.0. The number of hydrogen-bond acceptors (Lipinski definition) is 5. The topological polar surface area (TPSA) is 89.4 Å². The summed E-state index contributed by atoms with van der Waals surface area (Å²) in [6, 6.07) is 6.78. The van der Waals surface area contributed by atoms with E-state index in [9.17, 15) is 8.42 Å². The first-order valence-electron chi connectivity index (χ1n) is 9.78. The van der Waals surface area contributed by atoms with Crippen LogP contribution in [0.4, 0.5) is 0 Å². The van der Waals surface area contributed by atoms with Crippen molar-refractivity contribution in [2.24, 2.45) is 5.73 Å². The third-order valence-electron chi connectivity index (χ3n) is 4.37. The molecule has 0 radical (unpaired) electrons. The van der Waals surface area contributed by atoms with Gasteiger partial charge in [-0.3, -0.25) is 0 Å². The van der Waals surface area contributed by atoms with E-state index in [2.05, 4.69) is 4.98 Å². The first-order chi connectivity index (χ1) is 13.0. The quantitative estimate of drug-likeness (QED) is 0.554. The predicted molar refractivity (Wildman–Crippen MR) is 108 cm³/mol. The summed E-state index contributed by atoms with van der Waals surface area (Å²) in [5.74, 6) is 0.520. The number of benzene rings is 1. The van der Waals surface area contributed by atoms with Crippen molar-refractivity contribution in [3.8, 4) is 11.5 Å². The molecular formula is C20H31N3O3S. The molecular weight excluding hydrogens is 362 g/mol. The lowest BCUT2D eigenvalue weighted by Gasteiger charge is -2.21. The standard InChI is InChI=1S/C20H31N3O3S/c1-3-14-23(15-4-2)27(24,25)19-11-9-17(10-12-19)20-22-18(16-26-20)8-6-5-7-13-21/h9-12,16H,3-8,13-15,21H2,1-2H3. The molecule has 2 aromatic rings.